The van der Waals surface area contributed by atoms with Crippen LogP contribution in [0.2, 0.25) is 0 Å². The van der Waals surface area contributed by atoms with E-state index >= 15 is 0 Å². The van der Waals surface area contributed by atoms with Crippen molar-refractivity contribution in [1.82, 2.24) is 5.09 Å². The monoisotopic (exact) mass is 419 g/mol. The highest BCUT2D eigenvalue weighted by atomic mass is 35.7. The van der Waals surface area contributed by atoms with Crippen molar-refractivity contribution in [3.63, 3.8) is 0 Å². The minimum atomic E-state index is -4.47. The van der Waals surface area contributed by atoms with Crippen molar-refractivity contribution in [1.29, 1.82) is 0 Å². The van der Waals surface area contributed by atoms with Crippen molar-refractivity contribution in [2.75, 3.05) is 0 Å². The van der Waals surface area contributed by atoms with Crippen LogP contribution in [0.1, 0.15) is 18.1 Å². The first-order valence-corrected chi connectivity index (χ1v) is 10.4. The number of halogens is 4. The predicted octanol–water partition coefficient (Wildman–Crippen LogP) is 6.14. The molecule has 9 heteroatoms. The Balaban J connectivity index is 1.90. The zero-order chi connectivity index (χ0) is 20.1. The van der Waals surface area contributed by atoms with Crippen molar-refractivity contribution in [3.8, 4) is 5.75 Å². The highest BCUT2D eigenvalue weighted by molar-refractivity contribution is 7.84. The van der Waals surface area contributed by atoms with E-state index in [-0.39, 0.29) is 18.1 Å². The SMILES string of the molecule is C=C(OCc1ccccc1)[C@H](C)NP(=O)(Cl)Oc1ccc(C(F)(F)F)cc1. The molecule has 0 aliphatic heterocycles. The standard InChI is InChI=1S/C18H18ClF3NO3P/c1-13(14(2)25-12-15-6-4-3-5-7-15)23-27(19,24)26-17-10-8-16(9-11-17)18(20,21)22/h3-11,13H,2,12H2,1H3,(H,23,24)/t13-,27?/m0/s1. The molecule has 2 rings (SSSR count). The molecule has 0 radical (unpaired) electrons. The van der Waals surface area contributed by atoms with E-state index in [0.717, 1.165) is 29.8 Å². The summed E-state index contributed by atoms with van der Waals surface area (Å²) < 4.78 is 60.7. The van der Waals surface area contributed by atoms with Crippen LogP contribution in [0, 0.1) is 0 Å². The molecule has 146 valence electrons. The minimum Gasteiger partial charge on any atom is -0.492 e. The van der Waals surface area contributed by atoms with E-state index in [4.69, 9.17) is 20.5 Å². The molecular weight excluding hydrogens is 402 g/mol. The summed E-state index contributed by atoms with van der Waals surface area (Å²) in [4.78, 5) is 0. The van der Waals surface area contributed by atoms with Crippen LogP contribution >= 0.6 is 18.1 Å². The molecule has 2 aromatic carbocycles. The molecule has 2 aromatic rings. The summed E-state index contributed by atoms with van der Waals surface area (Å²) in [6.45, 7) is 1.78. The Kier molecular flexibility index (Phi) is 6.98. The molecule has 1 unspecified atom stereocenters. The molecule has 0 amide bonds. The van der Waals surface area contributed by atoms with E-state index < -0.39 is 24.7 Å². The lowest BCUT2D eigenvalue weighted by molar-refractivity contribution is -0.137. The van der Waals surface area contributed by atoms with Gasteiger partial charge >= 0.3 is 13.0 Å². The van der Waals surface area contributed by atoms with Crippen molar-refractivity contribution >= 4 is 18.1 Å². The first-order chi connectivity index (χ1) is 12.6. The molecule has 0 fully saturated rings. The van der Waals surface area contributed by atoms with Crippen LogP contribution in [0.5, 0.6) is 5.75 Å². The Hall–Kier alpha value is -1.95. The Labute approximate surface area is 160 Å². The molecule has 0 aliphatic rings. The van der Waals surface area contributed by atoms with Crippen LogP contribution in [-0.4, -0.2) is 6.04 Å². The Bertz CT molecular complexity index is 813. The van der Waals surface area contributed by atoms with Gasteiger partial charge in [0.15, 0.2) is 0 Å². The highest BCUT2D eigenvalue weighted by Gasteiger charge is 2.31. The van der Waals surface area contributed by atoms with Crippen molar-refractivity contribution in [3.05, 3.63) is 78.1 Å². The third kappa shape index (κ3) is 6.94. The molecule has 27 heavy (non-hydrogen) atoms. The van der Waals surface area contributed by atoms with Gasteiger partial charge in [-0.15, -0.1) is 0 Å². The van der Waals surface area contributed by atoms with E-state index in [1.807, 2.05) is 30.3 Å². The molecule has 1 N–H and O–H groups in total. The van der Waals surface area contributed by atoms with Crippen molar-refractivity contribution in [2.24, 2.45) is 0 Å². The van der Waals surface area contributed by atoms with Gasteiger partial charge in [-0.3, -0.25) is 0 Å². The topological polar surface area (TPSA) is 47.6 Å². The van der Waals surface area contributed by atoms with Crippen LogP contribution < -0.4 is 9.61 Å². The molecule has 0 bridgehead atoms. The van der Waals surface area contributed by atoms with Gasteiger partial charge in [0.05, 0.1) is 11.6 Å². The third-order valence-corrected chi connectivity index (χ3v) is 5.14. The van der Waals surface area contributed by atoms with Gasteiger partial charge in [-0.05, 0) is 36.8 Å². The van der Waals surface area contributed by atoms with E-state index in [1.165, 1.54) is 0 Å². The lowest BCUT2D eigenvalue weighted by Crippen LogP contribution is -2.26. The number of hydrogen-bond donors (Lipinski definition) is 1. The summed E-state index contributed by atoms with van der Waals surface area (Å²) in [5.74, 6) is 0.229. The number of nitrogens with one attached hydrogen (secondary N) is 1. The van der Waals surface area contributed by atoms with Crippen LogP contribution in [0.3, 0.4) is 0 Å². The minimum absolute atomic E-state index is 0.0585. The second-order valence-corrected chi connectivity index (χ2v) is 8.42. The average Bonchev–Trinajstić information content (AvgIpc) is 2.59. The van der Waals surface area contributed by atoms with E-state index in [2.05, 4.69) is 11.7 Å². The number of rotatable bonds is 8. The van der Waals surface area contributed by atoms with Crippen molar-refractivity contribution < 1.29 is 27.0 Å². The van der Waals surface area contributed by atoms with Gasteiger partial charge in [0, 0.05) is 11.2 Å². The number of hydrogen-bond acceptors (Lipinski definition) is 3. The molecule has 0 spiro atoms. The summed E-state index contributed by atoms with van der Waals surface area (Å²) >= 11 is 5.86. The number of ether oxygens (including phenoxy) is 1. The summed E-state index contributed by atoms with van der Waals surface area (Å²) in [7, 11) is 0. The van der Waals surface area contributed by atoms with Crippen LogP contribution in [0.15, 0.2) is 66.9 Å². The van der Waals surface area contributed by atoms with Gasteiger partial charge in [0.1, 0.15) is 18.1 Å². The molecule has 0 saturated heterocycles. The van der Waals surface area contributed by atoms with Gasteiger partial charge in [-0.2, -0.15) is 13.2 Å². The Morgan fingerprint density at radius 1 is 1.19 bits per heavy atom. The highest BCUT2D eigenvalue weighted by Crippen LogP contribution is 2.49. The van der Waals surface area contributed by atoms with Crippen LogP contribution in [0.4, 0.5) is 13.2 Å². The fourth-order valence-electron chi connectivity index (χ4n) is 2.05. The first-order valence-electron chi connectivity index (χ1n) is 7.87. The van der Waals surface area contributed by atoms with Crippen LogP contribution in [0.25, 0.3) is 0 Å². The lowest BCUT2D eigenvalue weighted by atomic mass is 10.2. The molecule has 0 aliphatic carbocycles. The number of alkyl halides is 3. The summed E-state index contributed by atoms with van der Waals surface area (Å²) in [5, 5.41) is 2.54. The normalized spacial score (nSPS) is 14.9. The fourth-order valence-corrected chi connectivity index (χ4v) is 3.78. The van der Waals surface area contributed by atoms with E-state index in [0.29, 0.717) is 0 Å². The van der Waals surface area contributed by atoms with Gasteiger partial charge in [-0.1, -0.05) is 36.9 Å². The zero-order valence-electron chi connectivity index (χ0n) is 14.4. The van der Waals surface area contributed by atoms with Gasteiger partial charge in [0.2, 0.25) is 0 Å². The molecule has 0 heterocycles. The number of benzene rings is 2. The Morgan fingerprint density at radius 2 is 1.78 bits per heavy atom. The van der Waals surface area contributed by atoms with Crippen LogP contribution in [-0.2, 0) is 22.1 Å². The third-order valence-electron chi connectivity index (χ3n) is 3.50. The lowest BCUT2D eigenvalue weighted by Gasteiger charge is -2.21. The average molecular weight is 420 g/mol. The molecule has 2 atom stereocenters. The van der Waals surface area contributed by atoms with Gasteiger partial charge in [0.25, 0.3) is 0 Å². The Morgan fingerprint density at radius 3 is 2.33 bits per heavy atom. The largest absolute Gasteiger partial charge is 0.492 e. The maximum atomic E-state index is 12.6. The van der Waals surface area contributed by atoms with E-state index in [9.17, 15) is 17.7 Å². The smallest absolute Gasteiger partial charge is 0.416 e. The maximum absolute atomic E-state index is 12.6. The quantitative estimate of drug-likeness (QED) is 0.412. The second-order valence-electron chi connectivity index (χ2n) is 5.68. The molecular formula is C18H18ClF3NO3P. The van der Waals surface area contributed by atoms with Gasteiger partial charge in [-0.25, -0.2) is 9.65 Å². The molecule has 4 nitrogen and oxygen atoms in total. The van der Waals surface area contributed by atoms with Gasteiger partial charge < -0.3 is 9.26 Å². The fraction of sp³-hybridized carbons (Fsp3) is 0.222. The second kappa shape index (κ2) is 8.83. The van der Waals surface area contributed by atoms with E-state index in [1.54, 1.807) is 6.92 Å². The molecule has 0 saturated carbocycles. The predicted molar refractivity (Wildman–Crippen MR) is 98.5 cm³/mol. The summed E-state index contributed by atoms with van der Waals surface area (Å²) in [5.41, 5.74) is 0.0872. The molecule has 0 aromatic heterocycles. The summed E-state index contributed by atoms with van der Waals surface area (Å²) in [6.07, 6.45) is -4.47. The maximum Gasteiger partial charge on any atom is 0.416 e. The first kappa shape index (κ1) is 21.4. The van der Waals surface area contributed by atoms with Crippen molar-refractivity contribution in [2.45, 2.75) is 25.7 Å². The summed E-state index contributed by atoms with van der Waals surface area (Å²) in [6, 6.07) is 12.5. The zero-order valence-corrected chi connectivity index (χ0v) is 16.0.